The Balaban J connectivity index is 2.75. The van der Waals surface area contributed by atoms with E-state index in [1.165, 1.54) is 0 Å². The van der Waals surface area contributed by atoms with Gasteiger partial charge in [-0.2, -0.15) is 0 Å². The van der Waals surface area contributed by atoms with Crippen LogP contribution in [0, 0.1) is 5.92 Å². The van der Waals surface area contributed by atoms with Crippen LogP contribution in [0.25, 0.3) is 0 Å². The van der Waals surface area contributed by atoms with Crippen LogP contribution in [0.1, 0.15) is 52.5 Å². The number of nitrogens with one attached hydrogen (secondary N) is 3. The van der Waals surface area contributed by atoms with Gasteiger partial charge in [0.1, 0.15) is 12.6 Å². The average Bonchev–Trinajstić information content (AvgIpc) is 2.71. The molecule has 8 nitrogen and oxygen atoms in total. The second kappa shape index (κ2) is 13.6. The molecule has 0 saturated carbocycles. The van der Waals surface area contributed by atoms with Gasteiger partial charge in [0.25, 0.3) is 5.91 Å². The van der Waals surface area contributed by atoms with Crippen LogP contribution < -0.4 is 16.0 Å². The Bertz CT molecular complexity index is 666. The molecule has 0 spiro atoms. The average molecular weight is 422 g/mol. The van der Waals surface area contributed by atoms with Crippen LogP contribution in [-0.2, 0) is 20.9 Å². The molecule has 0 aliphatic rings. The van der Waals surface area contributed by atoms with Crippen molar-refractivity contribution >= 4 is 17.9 Å². The zero-order valence-corrected chi connectivity index (χ0v) is 18.3. The molecule has 30 heavy (non-hydrogen) atoms. The third-order valence-corrected chi connectivity index (χ3v) is 4.46. The lowest BCUT2D eigenvalue weighted by molar-refractivity contribution is -0.132. The summed E-state index contributed by atoms with van der Waals surface area (Å²) < 4.78 is 5.22. The fourth-order valence-electron chi connectivity index (χ4n) is 2.97. The summed E-state index contributed by atoms with van der Waals surface area (Å²) in [6.07, 6.45) is -0.572. The quantitative estimate of drug-likeness (QED) is 0.412. The standard InChI is InChI=1S/C22H35N3O5/c1-5-10-17(19(26)21(28)23-6-2)24-20(27)18(13-15(3)4)25-22(29)30-14-16-11-8-7-9-12-16/h7-9,11-12,15,17-19,26H,5-6,10,13-14H2,1-4H3,(H,23,28)(H,24,27)(H,25,29)/t17-,18-,19?/m0/s1. The van der Waals surface area contributed by atoms with Crippen molar-refractivity contribution in [3.05, 3.63) is 35.9 Å². The van der Waals surface area contributed by atoms with Crippen LogP contribution in [-0.4, -0.2) is 47.7 Å². The molecule has 1 aromatic rings. The number of alkyl carbamates (subject to hydrolysis) is 1. The number of amides is 3. The van der Waals surface area contributed by atoms with Crippen molar-refractivity contribution in [2.75, 3.05) is 6.54 Å². The third kappa shape index (κ3) is 9.26. The van der Waals surface area contributed by atoms with Crippen LogP contribution in [0.2, 0.25) is 0 Å². The van der Waals surface area contributed by atoms with E-state index in [1.807, 2.05) is 51.1 Å². The number of aliphatic hydroxyl groups is 1. The van der Waals surface area contributed by atoms with Crippen LogP contribution in [0.5, 0.6) is 0 Å². The molecule has 0 aromatic heterocycles. The first-order valence-corrected chi connectivity index (χ1v) is 10.5. The highest BCUT2D eigenvalue weighted by Gasteiger charge is 2.30. The molecule has 0 fully saturated rings. The van der Waals surface area contributed by atoms with E-state index in [0.717, 1.165) is 5.56 Å². The summed E-state index contributed by atoms with van der Waals surface area (Å²) in [5, 5.41) is 18.2. The number of benzene rings is 1. The largest absolute Gasteiger partial charge is 0.445 e. The lowest BCUT2D eigenvalue weighted by Crippen LogP contribution is -2.55. The number of rotatable bonds is 12. The molecular formula is C22H35N3O5. The first-order chi connectivity index (χ1) is 14.3. The number of ether oxygens (including phenoxy) is 1. The van der Waals surface area contributed by atoms with Crippen LogP contribution >= 0.6 is 0 Å². The molecule has 0 bridgehead atoms. The van der Waals surface area contributed by atoms with Crippen molar-refractivity contribution in [3.8, 4) is 0 Å². The Morgan fingerprint density at radius 1 is 1.03 bits per heavy atom. The summed E-state index contributed by atoms with van der Waals surface area (Å²) in [5.74, 6) is -0.859. The fraction of sp³-hybridized carbons (Fsp3) is 0.591. The Kier molecular flexibility index (Phi) is 11.5. The van der Waals surface area contributed by atoms with E-state index in [0.29, 0.717) is 25.8 Å². The maximum atomic E-state index is 12.8. The zero-order valence-electron chi connectivity index (χ0n) is 18.3. The molecule has 1 rings (SSSR count). The van der Waals surface area contributed by atoms with Crippen molar-refractivity contribution in [3.63, 3.8) is 0 Å². The van der Waals surface area contributed by atoms with E-state index in [-0.39, 0.29) is 12.5 Å². The fourth-order valence-corrected chi connectivity index (χ4v) is 2.97. The molecule has 1 aromatic carbocycles. The molecule has 168 valence electrons. The van der Waals surface area contributed by atoms with E-state index >= 15 is 0 Å². The second-order valence-corrected chi connectivity index (χ2v) is 7.63. The summed E-state index contributed by atoms with van der Waals surface area (Å²) >= 11 is 0. The van der Waals surface area contributed by atoms with E-state index in [9.17, 15) is 19.5 Å². The molecule has 3 atom stereocenters. The molecule has 3 amide bonds. The van der Waals surface area contributed by atoms with Crippen LogP contribution in [0.3, 0.4) is 0 Å². The van der Waals surface area contributed by atoms with Gasteiger partial charge in [0, 0.05) is 6.54 Å². The number of carbonyl (C=O) groups is 3. The number of carbonyl (C=O) groups excluding carboxylic acids is 3. The first kappa shape index (κ1) is 25.4. The van der Waals surface area contributed by atoms with Gasteiger partial charge in [-0.15, -0.1) is 0 Å². The molecule has 0 saturated heterocycles. The summed E-state index contributed by atoms with van der Waals surface area (Å²) in [4.78, 5) is 37.0. The molecule has 0 aliphatic carbocycles. The SMILES string of the molecule is CCC[C@H](NC(=O)[C@H](CC(C)C)NC(=O)OCc1ccccc1)C(O)C(=O)NCC. The number of likely N-dealkylation sites (N-methyl/N-ethyl adjacent to an activating group) is 1. The van der Waals surface area contributed by atoms with E-state index in [1.54, 1.807) is 6.92 Å². The van der Waals surface area contributed by atoms with Crippen molar-refractivity contribution in [2.45, 2.75) is 71.8 Å². The minimum Gasteiger partial charge on any atom is -0.445 e. The molecule has 4 N–H and O–H groups in total. The summed E-state index contributed by atoms with van der Waals surface area (Å²) in [5.41, 5.74) is 0.838. The van der Waals surface area contributed by atoms with E-state index in [2.05, 4.69) is 16.0 Å². The maximum absolute atomic E-state index is 12.8. The number of aliphatic hydroxyl groups excluding tert-OH is 1. The molecule has 0 radical (unpaired) electrons. The number of hydrogen-bond donors (Lipinski definition) is 4. The van der Waals surface area contributed by atoms with Gasteiger partial charge in [-0.25, -0.2) is 4.79 Å². The van der Waals surface area contributed by atoms with Gasteiger partial charge in [0.15, 0.2) is 6.10 Å². The predicted octanol–water partition coefficient (Wildman–Crippen LogP) is 2.11. The van der Waals surface area contributed by atoms with Gasteiger partial charge < -0.3 is 25.8 Å². The second-order valence-electron chi connectivity index (χ2n) is 7.63. The van der Waals surface area contributed by atoms with Gasteiger partial charge in [-0.1, -0.05) is 57.5 Å². The van der Waals surface area contributed by atoms with Gasteiger partial charge in [-0.3, -0.25) is 9.59 Å². The van der Waals surface area contributed by atoms with Crippen molar-refractivity contribution in [1.29, 1.82) is 0 Å². The van der Waals surface area contributed by atoms with Gasteiger partial charge in [0.05, 0.1) is 6.04 Å². The lowest BCUT2D eigenvalue weighted by Gasteiger charge is -2.26. The van der Waals surface area contributed by atoms with Crippen LogP contribution in [0.4, 0.5) is 4.79 Å². The maximum Gasteiger partial charge on any atom is 0.408 e. The molecule has 0 heterocycles. The normalized spacial score (nSPS) is 13.8. The third-order valence-electron chi connectivity index (χ3n) is 4.46. The molecule has 1 unspecified atom stereocenters. The zero-order chi connectivity index (χ0) is 22.5. The topological polar surface area (TPSA) is 117 Å². The highest BCUT2D eigenvalue weighted by Crippen LogP contribution is 2.09. The Morgan fingerprint density at radius 3 is 2.27 bits per heavy atom. The van der Waals surface area contributed by atoms with Crippen molar-refractivity contribution in [2.24, 2.45) is 5.92 Å². The van der Waals surface area contributed by atoms with Gasteiger partial charge >= 0.3 is 6.09 Å². The van der Waals surface area contributed by atoms with Gasteiger partial charge in [0.2, 0.25) is 5.91 Å². The van der Waals surface area contributed by atoms with Crippen molar-refractivity contribution < 1.29 is 24.2 Å². The minimum absolute atomic E-state index is 0.0943. The monoisotopic (exact) mass is 421 g/mol. The van der Waals surface area contributed by atoms with Crippen LogP contribution in [0.15, 0.2) is 30.3 Å². The Hall–Kier alpha value is -2.61. The van der Waals surface area contributed by atoms with E-state index in [4.69, 9.17) is 4.74 Å². The minimum atomic E-state index is -1.36. The summed E-state index contributed by atoms with van der Waals surface area (Å²) in [6.45, 7) is 8.00. The molecule has 0 aliphatic heterocycles. The first-order valence-electron chi connectivity index (χ1n) is 10.5. The van der Waals surface area contributed by atoms with Crippen molar-refractivity contribution in [1.82, 2.24) is 16.0 Å². The Labute approximate surface area is 178 Å². The molecule has 8 heteroatoms. The Morgan fingerprint density at radius 2 is 1.70 bits per heavy atom. The summed E-state index contributed by atoms with van der Waals surface area (Å²) in [7, 11) is 0. The highest BCUT2D eigenvalue weighted by atomic mass is 16.5. The lowest BCUT2D eigenvalue weighted by atomic mass is 10.0. The molecular weight excluding hydrogens is 386 g/mol. The summed E-state index contributed by atoms with van der Waals surface area (Å²) in [6, 6.07) is 7.65. The highest BCUT2D eigenvalue weighted by molar-refractivity contribution is 5.87. The van der Waals surface area contributed by atoms with Gasteiger partial charge in [-0.05, 0) is 31.2 Å². The predicted molar refractivity (Wildman–Crippen MR) is 115 cm³/mol. The smallest absolute Gasteiger partial charge is 0.408 e. The number of hydrogen-bond acceptors (Lipinski definition) is 5. The van der Waals surface area contributed by atoms with E-state index < -0.39 is 36.1 Å².